The maximum Gasteiger partial charge on any atom is 0.325 e. The van der Waals surface area contributed by atoms with Crippen molar-refractivity contribution in [2.24, 2.45) is 0 Å². The molecule has 0 aromatic heterocycles. The maximum atomic E-state index is 13.4. The Hall–Kier alpha value is -3.09. The van der Waals surface area contributed by atoms with Crippen LogP contribution in [0.5, 0.6) is 0 Å². The van der Waals surface area contributed by atoms with Crippen molar-refractivity contribution in [3.63, 3.8) is 0 Å². The van der Waals surface area contributed by atoms with Crippen LogP contribution in [-0.4, -0.2) is 29.2 Å². The predicted octanol–water partition coefficient (Wildman–Crippen LogP) is 3.74. The molecule has 0 aliphatic carbocycles. The van der Waals surface area contributed by atoms with E-state index in [0.29, 0.717) is 11.5 Å². The van der Waals surface area contributed by atoms with Gasteiger partial charge < -0.3 is 5.32 Å². The van der Waals surface area contributed by atoms with Gasteiger partial charge in [0, 0.05) is 5.56 Å². The second kappa shape index (κ2) is 7.14. The standard InChI is InChI=1S/C21H20F2N2O3/c1-12(2)13-4-7-15(8-5-13)21(3)19(27)25(20(28)24-21)11-18(26)14-6-9-16(22)17(23)10-14/h4-10,12H,11H2,1-3H3,(H,24,28)/t21-/m1/s1. The lowest BCUT2D eigenvalue weighted by molar-refractivity contribution is -0.130. The third-order valence-electron chi connectivity index (χ3n) is 4.97. The van der Waals surface area contributed by atoms with E-state index in [0.717, 1.165) is 28.7 Å². The Balaban J connectivity index is 1.82. The van der Waals surface area contributed by atoms with E-state index in [1.807, 2.05) is 26.0 Å². The highest BCUT2D eigenvalue weighted by atomic mass is 19.2. The second-order valence-electron chi connectivity index (χ2n) is 7.28. The first-order chi connectivity index (χ1) is 13.1. The molecule has 7 heteroatoms. The van der Waals surface area contributed by atoms with E-state index in [1.165, 1.54) is 0 Å². The van der Waals surface area contributed by atoms with Crippen LogP contribution in [-0.2, 0) is 10.3 Å². The van der Waals surface area contributed by atoms with E-state index in [1.54, 1.807) is 19.1 Å². The summed E-state index contributed by atoms with van der Waals surface area (Å²) in [5.74, 6) is -3.17. The number of amides is 3. The van der Waals surface area contributed by atoms with Crippen molar-refractivity contribution < 1.29 is 23.2 Å². The number of hydrogen-bond donors (Lipinski definition) is 1. The number of hydrogen-bond acceptors (Lipinski definition) is 3. The fourth-order valence-electron chi connectivity index (χ4n) is 3.14. The highest BCUT2D eigenvalue weighted by molar-refractivity contribution is 6.11. The van der Waals surface area contributed by atoms with Crippen molar-refractivity contribution >= 4 is 17.7 Å². The summed E-state index contributed by atoms with van der Waals surface area (Å²) in [4.78, 5) is 38.4. The Labute approximate surface area is 161 Å². The van der Waals surface area contributed by atoms with Crippen LogP contribution in [0.3, 0.4) is 0 Å². The van der Waals surface area contributed by atoms with E-state index < -0.39 is 41.4 Å². The SMILES string of the molecule is CC(C)c1ccc([C@@]2(C)NC(=O)N(CC(=O)c3ccc(F)c(F)c3)C2=O)cc1. The summed E-state index contributed by atoms with van der Waals surface area (Å²) in [7, 11) is 0. The van der Waals surface area contributed by atoms with Crippen LogP contribution in [0, 0.1) is 11.6 Å². The summed E-state index contributed by atoms with van der Waals surface area (Å²) in [6, 6.07) is 9.30. The number of carbonyl (C=O) groups is 3. The first kappa shape index (κ1) is 19.7. The molecule has 1 fully saturated rings. The lowest BCUT2D eigenvalue weighted by Crippen LogP contribution is -2.41. The van der Waals surface area contributed by atoms with E-state index in [4.69, 9.17) is 0 Å². The molecular weight excluding hydrogens is 366 g/mol. The van der Waals surface area contributed by atoms with Crippen molar-refractivity contribution in [2.75, 3.05) is 6.54 Å². The van der Waals surface area contributed by atoms with Gasteiger partial charge >= 0.3 is 6.03 Å². The molecular formula is C21H20F2N2O3. The zero-order valence-corrected chi connectivity index (χ0v) is 15.8. The number of Topliss-reactive ketones (excluding diaryl/α,β-unsaturated/α-hetero) is 1. The van der Waals surface area contributed by atoms with Gasteiger partial charge in [-0.25, -0.2) is 13.6 Å². The maximum absolute atomic E-state index is 13.4. The average Bonchev–Trinajstić information content (AvgIpc) is 2.88. The monoisotopic (exact) mass is 386 g/mol. The van der Waals surface area contributed by atoms with E-state index in [9.17, 15) is 23.2 Å². The Morgan fingerprint density at radius 2 is 1.71 bits per heavy atom. The number of rotatable bonds is 5. The van der Waals surface area contributed by atoms with E-state index in [2.05, 4.69) is 5.32 Å². The molecule has 28 heavy (non-hydrogen) atoms. The van der Waals surface area contributed by atoms with Gasteiger partial charge in [-0.1, -0.05) is 38.1 Å². The molecule has 2 aromatic rings. The van der Waals surface area contributed by atoms with Gasteiger partial charge in [0.1, 0.15) is 5.54 Å². The molecule has 5 nitrogen and oxygen atoms in total. The van der Waals surface area contributed by atoms with Crippen LogP contribution in [0.25, 0.3) is 0 Å². The van der Waals surface area contributed by atoms with Crippen molar-refractivity contribution in [3.8, 4) is 0 Å². The molecule has 0 unspecified atom stereocenters. The molecule has 3 amide bonds. The molecule has 0 radical (unpaired) electrons. The Kier molecular flexibility index (Phi) is 5.02. The molecule has 1 heterocycles. The van der Waals surface area contributed by atoms with Gasteiger partial charge in [0.2, 0.25) is 0 Å². The van der Waals surface area contributed by atoms with Gasteiger partial charge in [-0.3, -0.25) is 14.5 Å². The lowest BCUT2D eigenvalue weighted by atomic mass is 9.90. The van der Waals surface area contributed by atoms with Crippen LogP contribution in [0.1, 0.15) is 48.2 Å². The van der Waals surface area contributed by atoms with E-state index >= 15 is 0 Å². The highest BCUT2D eigenvalue weighted by Gasteiger charge is 2.49. The third kappa shape index (κ3) is 3.40. The molecule has 1 N–H and O–H groups in total. The van der Waals surface area contributed by atoms with Gasteiger partial charge in [-0.15, -0.1) is 0 Å². The predicted molar refractivity (Wildman–Crippen MR) is 98.8 cm³/mol. The zero-order valence-electron chi connectivity index (χ0n) is 15.8. The van der Waals surface area contributed by atoms with Gasteiger partial charge in [0.05, 0.1) is 6.54 Å². The van der Waals surface area contributed by atoms with Crippen LogP contribution in [0.15, 0.2) is 42.5 Å². The molecule has 1 aliphatic rings. The van der Waals surface area contributed by atoms with Crippen molar-refractivity contribution in [1.29, 1.82) is 0 Å². The number of urea groups is 1. The Morgan fingerprint density at radius 3 is 2.29 bits per heavy atom. The number of halogens is 2. The van der Waals surface area contributed by atoms with Gasteiger partial charge in [-0.05, 0) is 42.2 Å². The summed E-state index contributed by atoms with van der Waals surface area (Å²) >= 11 is 0. The zero-order chi connectivity index (χ0) is 20.6. The molecule has 146 valence electrons. The lowest BCUT2D eigenvalue weighted by Gasteiger charge is -2.22. The van der Waals surface area contributed by atoms with Crippen molar-refractivity contribution in [2.45, 2.75) is 32.2 Å². The van der Waals surface area contributed by atoms with Crippen LogP contribution >= 0.6 is 0 Å². The third-order valence-corrected chi connectivity index (χ3v) is 4.97. The number of imide groups is 1. The number of nitrogens with zero attached hydrogens (tertiary/aromatic N) is 1. The summed E-state index contributed by atoms with van der Waals surface area (Å²) in [6.45, 7) is 5.10. The van der Waals surface area contributed by atoms with Crippen molar-refractivity contribution in [1.82, 2.24) is 10.2 Å². The topological polar surface area (TPSA) is 66.5 Å². The smallest absolute Gasteiger partial charge is 0.319 e. The van der Waals surface area contributed by atoms with Crippen LogP contribution < -0.4 is 5.32 Å². The molecule has 2 aromatic carbocycles. The number of ketones is 1. The molecule has 0 saturated carbocycles. The molecule has 1 aliphatic heterocycles. The Morgan fingerprint density at radius 1 is 1.07 bits per heavy atom. The molecule has 3 rings (SSSR count). The second-order valence-corrected chi connectivity index (χ2v) is 7.28. The largest absolute Gasteiger partial charge is 0.325 e. The first-order valence-corrected chi connectivity index (χ1v) is 8.86. The minimum Gasteiger partial charge on any atom is -0.319 e. The van der Waals surface area contributed by atoms with Crippen molar-refractivity contribution in [3.05, 3.63) is 70.8 Å². The molecule has 0 spiro atoms. The van der Waals surface area contributed by atoms with Gasteiger partial charge in [-0.2, -0.15) is 0 Å². The average molecular weight is 386 g/mol. The number of nitrogens with one attached hydrogen (secondary N) is 1. The number of carbonyl (C=O) groups excluding carboxylic acids is 3. The molecule has 0 bridgehead atoms. The minimum absolute atomic E-state index is 0.116. The molecule has 1 saturated heterocycles. The Bertz CT molecular complexity index is 957. The van der Waals surface area contributed by atoms with Gasteiger partial charge in [0.15, 0.2) is 17.4 Å². The number of benzene rings is 2. The summed E-state index contributed by atoms with van der Waals surface area (Å²) in [6.07, 6.45) is 0. The molecule has 1 atom stereocenters. The van der Waals surface area contributed by atoms with Crippen LogP contribution in [0.4, 0.5) is 13.6 Å². The van der Waals surface area contributed by atoms with Crippen LogP contribution in [0.2, 0.25) is 0 Å². The summed E-state index contributed by atoms with van der Waals surface area (Å²) in [5.41, 5.74) is 0.267. The normalized spacial score (nSPS) is 19.3. The van der Waals surface area contributed by atoms with E-state index in [-0.39, 0.29) is 5.56 Å². The highest BCUT2D eigenvalue weighted by Crippen LogP contribution is 2.30. The first-order valence-electron chi connectivity index (χ1n) is 8.86. The summed E-state index contributed by atoms with van der Waals surface area (Å²) < 4.78 is 26.4. The van der Waals surface area contributed by atoms with Gasteiger partial charge in [0.25, 0.3) is 5.91 Å². The minimum atomic E-state index is -1.30. The fraction of sp³-hybridized carbons (Fsp3) is 0.286. The summed E-state index contributed by atoms with van der Waals surface area (Å²) in [5, 5.41) is 2.62. The quantitative estimate of drug-likeness (QED) is 0.629. The fourth-order valence-corrected chi connectivity index (χ4v) is 3.14.